The molecular weight excluding hydrogens is 262 g/mol. The summed E-state index contributed by atoms with van der Waals surface area (Å²) in [5, 5.41) is 20.2. The fourth-order valence-electron chi connectivity index (χ4n) is 3.22. The zero-order valence-corrected chi connectivity index (χ0v) is 11.8. The van der Waals surface area contributed by atoms with E-state index in [1.165, 1.54) is 0 Å². The molecule has 0 spiro atoms. The van der Waals surface area contributed by atoms with Gasteiger partial charge in [0, 0.05) is 19.1 Å². The van der Waals surface area contributed by atoms with Crippen molar-refractivity contribution >= 4 is 12.0 Å². The summed E-state index contributed by atoms with van der Waals surface area (Å²) in [6.07, 6.45) is 1.70. The maximum atomic E-state index is 12.0. The van der Waals surface area contributed by atoms with Crippen LogP contribution in [0.4, 0.5) is 4.79 Å². The number of likely N-dealkylation sites (tertiary alicyclic amines) is 2. The van der Waals surface area contributed by atoms with Gasteiger partial charge in [-0.3, -0.25) is 0 Å². The van der Waals surface area contributed by atoms with Crippen LogP contribution in [0.15, 0.2) is 0 Å². The molecule has 0 saturated carbocycles. The van der Waals surface area contributed by atoms with Gasteiger partial charge in [-0.15, -0.1) is 0 Å². The number of carbonyl (C=O) groups excluding carboxylic acids is 1. The molecule has 20 heavy (non-hydrogen) atoms. The van der Waals surface area contributed by atoms with Crippen molar-refractivity contribution in [1.82, 2.24) is 15.1 Å². The number of rotatable bonds is 3. The smallest absolute Gasteiger partial charge is 0.334 e. The first-order valence-corrected chi connectivity index (χ1v) is 7.13. The molecule has 7 nitrogen and oxygen atoms in total. The first-order chi connectivity index (χ1) is 9.49. The molecule has 0 aromatic carbocycles. The largest absolute Gasteiger partial charge is 0.479 e. The van der Waals surface area contributed by atoms with Crippen molar-refractivity contribution in [3.8, 4) is 0 Å². The highest BCUT2D eigenvalue weighted by atomic mass is 16.4. The Labute approximate surface area is 118 Å². The van der Waals surface area contributed by atoms with Gasteiger partial charge in [-0.1, -0.05) is 0 Å². The van der Waals surface area contributed by atoms with Crippen molar-refractivity contribution in [3.05, 3.63) is 0 Å². The van der Waals surface area contributed by atoms with Crippen LogP contribution in [0.25, 0.3) is 0 Å². The third-order valence-electron chi connectivity index (χ3n) is 4.36. The number of amides is 2. The first-order valence-electron chi connectivity index (χ1n) is 7.13. The van der Waals surface area contributed by atoms with E-state index in [-0.39, 0.29) is 12.6 Å². The molecule has 0 aliphatic carbocycles. The summed E-state index contributed by atoms with van der Waals surface area (Å²) in [5.41, 5.74) is 0. The van der Waals surface area contributed by atoms with Crippen molar-refractivity contribution in [2.75, 3.05) is 33.2 Å². The molecule has 0 radical (unpaired) electrons. The third-order valence-corrected chi connectivity index (χ3v) is 4.36. The van der Waals surface area contributed by atoms with Gasteiger partial charge in [0.1, 0.15) is 0 Å². The highest BCUT2D eigenvalue weighted by Gasteiger charge is 2.35. The number of hydrogen-bond acceptors (Lipinski definition) is 4. The Morgan fingerprint density at radius 2 is 2.10 bits per heavy atom. The summed E-state index contributed by atoms with van der Waals surface area (Å²) >= 11 is 0. The van der Waals surface area contributed by atoms with Crippen LogP contribution < -0.4 is 5.32 Å². The quantitative estimate of drug-likeness (QED) is 0.653. The molecule has 114 valence electrons. The summed E-state index contributed by atoms with van der Waals surface area (Å²) in [6.45, 7) is 2.27. The second kappa shape index (κ2) is 6.41. The van der Waals surface area contributed by atoms with E-state index in [0.717, 1.165) is 25.8 Å². The second-order valence-electron chi connectivity index (χ2n) is 5.73. The number of aliphatic hydroxyl groups excluding tert-OH is 1. The zero-order valence-electron chi connectivity index (χ0n) is 11.8. The van der Waals surface area contributed by atoms with Gasteiger partial charge >= 0.3 is 12.0 Å². The Kier molecular flexibility index (Phi) is 4.82. The lowest BCUT2D eigenvalue weighted by atomic mass is 9.84. The lowest BCUT2D eigenvalue weighted by Gasteiger charge is -2.45. The van der Waals surface area contributed by atoms with E-state index in [2.05, 4.69) is 17.3 Å². The molecule has 2 heterocycles. The number of piperidine rings is 2. The average Bonchev–Trinajstić information content (AvgIpc) is 2.44. The minimum atomic E-state index is -1.54. The van der Waals surface area contributed by atoms with Crippen LogP contribution in [0.1, 0.15) is 19.3 Å². The highest BCUT2D eigenvalue weighted by Crippen LogP contribution is 2.29. The molecule has 2 rings (SSSR count). The van der Waals surface area contributed by atoms with E-state index in [9.17, 15) is 9.59 Å². The minimum Gasteiger partial charge on any atom is -0.479 e. The Balaban J connectivity index is 1.82. The summed E-state index contributed by atoms with van der Waals surface area (Å²) in [7, 11) is 2.13. The Hall–Kier alpha value is -1.34. The number of nitrogens with one attached hydrogen (secondary N) is 1. The maximum absolute atomic E-state index is 12.0. The molecule has 0 aromatic heterocycles. The van der Waals surface area contributed by atoms with Crippen LogP contribution in [0.3, 0.4) is 0 Å². The number of urea groups is 1. The molecule has 2 fully saturated rings. The normalized spacial score (nSPS) is 28.6. The van der Waals surface area contributed by atoms with Crippen LogP contribution in [0.2, 0.25) is 0 Å². The molecule has 3 N–H and O–H groups in total. The van der Waals surface area contributed by atoms with Gasteiger partial charge in [0.25, 0.3) is 0 Å². The number of fused-ring (bicyclic) bond motifs is 1. The molecule has 2 saturated heterocycles. The SMILES string of the molecule is CN1CCCC2CN(C(=O)NC[C@H](O)C(=O)O)CCC21. The van der Waals surface area contributed by atoms with Gasteiger partial charge in [0.05, 0.1) is 6.54 Å². The van der Waals surface area contributed by atoms with E-state index in [4.69, 9.17) is 10.2 Å². The fourth-order valence-corrected chi connectivity index (χ4v) is 3.22. The van der Waals surface area contributed by atoms with Crippen LogP contribution >= 0.6 is 0 Å². The number of carboxylic acid groups (broad SMARTS) is 1. The van der Waals surface area contributed by atoms with Gasteiger partial charge < -0.3 is 25.3 Å². The van der Waals surface area contributed by atoms with Gasteiger partial charge in [-0.2, -0.15) is 0 Å². The molecule has 2 unspecified atom stereocenters. The van der Waals surface area contributed by atoms with E-state index >= 15 is 0 Å². The third kappa shape index (κ3) is 3.40. The van der Waals surface area contributed by atoms with Crippen LogP contribution in [0, 0.1) is 5.92 Å². The number of carboxylic acids is 1. The molecule has 7 heteroatoms. The summed E-state index contributed by atoms with van der Waals surface area (Å²) < 4.78 is 0. The number of hydrogen-bond donors (Lipinski definition) is 3. The van der Waals surface area contributed by atoms with Crippen LogP contribution in [-0.2, 0) is 4.79 Å². The van der Waals surface area contributed by atoms with Crippen molar-refractivity contribution in [2.24, 2.45) is 5.92 Å². The average molecular weight is 285 g/mol. The van der Waals surface area contributed by atoms with Gasteiger partial charge in [0.15, 0.2) is 6.10 Å². The van der Waals surface area contributed by atoms with E-state index in [1.807, 2.05) is 0 Å². The Morgan fingerprint density at radius 3 is 2.80 bits per heavy atom. The molecule has 3 atom stereocenters. The van der Waals surface area contributed by atoms with Crippen molar-refractivity contribution in [1.29, 1.82) is 0 Å². The summed E-state index contributed by atoms with van der Waals surface area (Å²) in [6, 6.07) is 0.273. The second-order valence-corrected chi connectivity index (χ2v) is 5.73. The number of carbonyl (C=O) groups is 2. The van der Waals surface area contributed by atoms with E-state index in [1.54, 1.807) is 4.90 Å². The Bertz CT molecular complexity index is 377. The van der Waals surface area contributed by atoms with Crippen molar-refractivity contribution in [2.45, 2.75) is 31.4 Å². The molecule has 2 aliphatic rings. The predicted octanol–water partition coefficient (Wildman–Crippen LogP) is -0.442. The zero-order chi connectivity index (χ0) is 14.7. The molecule has 0 bridgehead atoms. The monoisotopic (exact) mass is 285 g/mol. The van der Waals surface area contributed by atoms with E-state index < -0.39 is 12.1 Å². The fraction of sp³-hybridized carbons (Fsp3) is 0.846. The van der Waals surface area contributed by atoms with Gasteiger partial charge in [-0.05, 0) is 38.8 Å². The Morgan fingerprint density at radius 1 is 1.35 bits per heavy atom. The standard InChI is InChI=1S/C13H23N3O4/c1-15-5-2-3-9-8-16(6-4-10(9)15)13(20)14-7-11(17)12(18)19/h9-11,17H,2-8H2,1H3,(H,14,20)(H,18,19)/t9?,10?,11-/m0/s1. The number of aliphatic carboxylic acids is 1. The highest BCUT2D eigenvalue weighted by molar-refractivity contribution is 5.76. The molecule has 2 amide bonds. The summed E-state index contributed by atoms with van der Waals surface area (Å²) in [5.74, 6) is -0.824. The topological polar surface area (TPSA) is 93.1 Å². The lowest BCUT2D eigenvalue weighted by Crippen LogP contribution is -2.56. The molecule has 2 aliphatic heterocycles. The van der Waals surface area contributed by atoms with Crippen LogP contribution in [-0.4, -0.2) is 77.4 Å². The van der Waals surface area contributed by atoms with Crippen molar-refractivity contribution in [3.63, 3.8) is 0 Å². The number of aliphatic hydroxyl groups is 1. The maximum Gasteiger partial charge on any atom is 0.334 e. The van der Waals surface area contributed by atoms with Gasteiger partial charge in [-0.25, -0.2) is 9.59 Å². The molecular formula is C13H23N3O4. The van der Waals surface area contributed by atoms with E-state index in [0.29, 0.717) is 25.0 Å². The van der Waals surface area contributed by atoms with Crippen molar-refractivity contribution < 1.29 is 19.8 Å². The van der Waals surface area contributed by atoms with Gasteiger partial charge in [0.2, 0.25) is 0 Å². The van der Waals surface area contributed by atoms with Crippen LogP contribution in [0.5, 0.6) is 0 Å². The number of nitrogens with zero attached hydrogens (tertiary/aromatic N) is 2. The summed E-state index contributed by atoms with van der Waals surface area (Å²) in [4.78, 5) is 26.6. The first kappa shape index (κ1) is 15.1. The lowest BCUT2D eigenvalue weighted by molar-refractivity contribution is -0.146. The minimum absolute atomic E-state index is 0.251. The molecule has 0 aromatic rings. The predicted molar refractivity (Wildman–Crippen MR) is 72.4 cm³/mol.